The second kappa shape index (κ2) is 7.01. The number of aromatic nitrogens is 1. The molecule has 0 aliphatic heterocycles. The summed E-state index contributed by atoms with van der Waals surface area (Å²) < 4.78 is 0. The van der Waals surface area contributed by atoms with Gasteiger partial charge < -0.3 is 15.6 Å². The van der Waals surface area contributed by atoms with Crippen molar-refractivity contribution in [3.05, 3.63) is 71.4 Å². The van der Waals surface area contributed by atoms with Crippen LogP contribution in [0.5, 0.6) is 0 Å². The zero-order chi connectivity index (χ0) is 17.9. The number of rotatable bonds is 4. The van der Waals surface area contributed by atoms with Gasteiger partial charge in [-0.1, -0.05) is 51.1 Å². The van der Waals surface area contributed by atoms with Crippen molar-refractivity contribution in [1.82, 2.24) is 15.6 Å². The van der Waals surface area contributed by atoms with Gasteiger partial charge in [0.25, 0.3) is 0 Å². The summed E-state index contributed by atoms with van der Waals surface area (Å²) in [5.41, 5.74) is 4.71. The van der Waals surface area contributed by atoms with E-state index < -0.39 is 0 Å². The van der Waals surface area contributed by atoms with Crippen molar-refractivity contribution in [2.45, 2.75) is 39.3 Å². The number of amides is 2. The molecule has 3 N–H and O–H groups in total. The molecular weight excluding hydrogens is 310 g/mol. The van der Waals surface area contributed by atoms with E-state index in [1.807, 2.05) is 24.4 Å². The van der Waals surface area contributed by atoms with Gasteiger partial charge in [0, 0.05) is 24.8 Å². The zero-order valence-electron chi connectivity index (χ0n) is 15.0. The highest BCUT2D eigenvalue weighted by Crippen LogP contribution is 2.22. The van der Waals surface area contributed by atoms with Gasteiger partial charge in [0.15, 0.2) is 0 Å². The lowest BCUT2D eigenvalue weighted by molar-refractivity contribution is 0.240. The summed E-state index contributed by atoms with van der Waals surface area (Å²) in [6.45, 7) is 7.61. The van der Waals surface area contributed by atoms with E-state index in [-0.39, 0.29) is 11.4 Å². The van der Waals surface area contributed by atoms with Gasteiger partial charge >= 0.3 is 6.03 Å². The number of carbonyl (C=O) groups is 1. The molecule has 1 aromatic heterocycles. The fourth-order valence-electron chi connectivity index (χ4n) is 2.76. The molecule has 2 amide bonds. The van der Waals surface area contributed by atoms with Gasteiger partial charge in [0.2, 0.25) is 0 Å². The summed E-state index contributed by atoms with van der Waals surface area (Å²) in [5.74, 6) is 0. The first kappa shape index (κ1) is 17.1. The third-order valence-corrected chi connectivity index (χ3v) is 4.34. The normalized spacial score (nSPS) is 11.5. The van der Waals surface area contributed by atoms with Gasteiger partial charge in [-0.05, 0) is 45.7 Å². The molecule has 25 heavy (non-hydrogen) atoms. The first-order chi connectivity index (χ1) is 11.9. The van der Waals surface area contributed by atoms with Crippen LogP contribution >= 0.6 is 0 Å². The molecule has 1 heterocycles. The molecule has 3 aromatic rings. The highest BCUT2D eigenvalue weighted by molar-refractivity contribution is 5.80. The second-order valence-corrected chi connectivity index (χ2v) is 7.38. The lowest BCUT2D eigenvalue weighted by atomic mass is 9.87. The molecule has 0 atom stereocenters. The van der Waals surface area contributed by atoms with Crippen LogP contribution in [0.25, 0.3) is 10.9 Å². The molecule has 0 radical (unpaired) electrons. The SMILES string of the molecule is CC(C)(C)c1ccc(CNC(=O)NCc2ccc3[nH]ccc3c2)cc1. The highest BCUT2D eigenvalue weighted by atomic mass is 16.2. The van der Waals surface area contributed by atoms with Crippen LogP contribution in [0.4, 0.5) is 4.79 Å². The van der Waals surface area contributed by atoms with Crippen molar-refractivity contribution in [3.8, 4) is 0 Å². The molecule has 0 spiro atoms. The minimum Gasteiger partial charge on any atom is -0.361 e. The quantitative estimate of drug-likeness (QED) is 0.647. The molecule has 2 aromatic carbocycles. The Bertz CT molecular complexity index is 857. The van der Waals surface area contributed by atoms with Crippen LogP contribution in [-0.4, -0.2) is 11.0 Å². The predicted molar refractivity (Wildman–Crippen MR) is 103 cm³/mol. The van der Waals surface area contributed by atoms with Crippen molar-refractivity contribution in [2.75, 3.05) is 0 Å². The molecule has 4 heteroatoms. The number of aromatic amines is 1. The van der Waals surface area contributed by atoms with E-state index in [0.29, 0.717) is 13.1 Å². The Morgan fingerprint density at radius 3 is 2.24 bits per heavy atom. The number of H-pyrrole nitrogens is 1. The van der Waals surface area contributed by atoms with Crippen LogP contribution in [0.1, 0.15) is 37.5 Å². The van der Waals surface area contributed by atoms with Gasteiger partial charge in [-0.2, -0.15) is 0 Å². The van der Waals surface area contributed by atoms with E-state index in [9.17, 15) is 4.79 Å². The molecule has 0 fully saturated rings. The summed E-state index contributed by atoms with van der Waals surface area (Å²) in [6, 6.07) is 16.4. The van der Waals surface area contributed by atoms with Crippen LogP contribution in [-0.2, 0) is 18.5 Å². The number of nitrogens with one attached hydrogen (secondary N) is 3. The minimum absolute atomic E-state index is 0.143. The van der Waals surface area contributed by atoms with E-state index in [1.165, 1.54) is 5.56 Å². The van der Waals surface area contributed by atoms with Crippen molar-refractivity contribution < 1.29 is 4.79 Å². The maximum atomic E-state index is 12.0. The standard InChI is InChI=1S/C21H25N3O/c1-21(2,3)18-7-4-15(5-8-18)13-23-20(25)24-14-16-6-9-19-17(12-16)10-11-22-19/h4-12,22H,13-14H2,1-3H3,(H2,23,24,25). The van der Waals surface area contributed by atoms with Crippen molar-refractivity contribution in [3.63, 3.8) is 0 Å². The minimum atomic E-state index is -0.158. The number of benzene rings is 2. The van der Waals surface area contributed by atoms with Crippen LogP contribution in [0.2, 0.25) is 0 Å². The monoisotopic (exact) mass is 335 g/mol. The number of hydrogen-bond donors (Lipinski definition) is 3. The predicted octanol–water partition coefficient (Wildman–Crippen LogP) is 4.46. The van der Waals surface area contributed by atoms with E-state index in [2.05, 4.69) is 66.7 Å². The molecule has 0 unspecified atom stereocenters. The average Bonchev–Trinajstić information content (AvgIpc) is 3.05. The van der Waals surface area contributed by atoms with Crippen molar-refractivity contribution in [2.24, 2.45) is 0 Å². The Hall–Kier alpha value is -2.75. The van der Waals surface area contributed by atoms with E-state index in [1.54, 1.807) is 0 Å². The number of carbonyl (C=O) groups excluding carboxylic acids is 1. The summed E-state index contributed by atoms with van der Waals surface area (Å²) >= 11 is 0. The Morgan fingerprint density at radius 1 is 0.920 bits per heavy atom. The summed E-state index contributed by atoms with van der Waals surface area (Å²) in [5, 5.41) is 6.96. The van der Waals surface area contributed by atoms with Crippen molar-refractivity contribution >= 4 is 16.9 Å². The number of fused-ring (bicyclic) bond motifs is 1. The molecular formula is C21H25N3O. The van der Waals surface area contributed by atoms with Crippen LogP contribution in [0.15, 0.2) is 54.7 Å². The van der Waals surface area contributed by atoms with E-state index in [4.69, 9.17) is 0 Å². The molecule has 0 aliphatic rings. The fourth-order valence-corrected chi connectivity index (χ4v) is 2.76. The largest absolute Gasteiger partial charge is 0.361 e. The van der Waals surface area contributed by atoms with Gasteiger partial charge in [-0.15, -0.1) is 0 Å². The summed E-state index contributed by atoms with van der Waals surface area (Å²) in [4.78, 5) is 15.2. The van der Waals surface area contributed by atoms with Gasteiger partial charge in [-0.25, -0.2) is 4.79 Å². The lowest BCUT2D eigenvalue weighted by Crippen LogP contribution is -2.34. The molecule has 0 saturated carbocycles. The number of hydrogen-bond acceptors (Lipinski definition) is 1. The molecule has 3 rings (SSSR count). The smallest absolute Gasteiger partial charge is 0.315 e. The maximum Gasteiger partial charge on any atom is 0.315 e. The second-order valence-electron chi connectivity index (χ2n) is 7.38. The van der Waals surface area contributed by atoms with Gasteiger partial charge in [-0.3, -0.25) is 0 Å². The number of urea groups is 1. The topological polar surface area (TPSA) is 56.9 Å². The molecule has 0 aliphatic carbocycles. The van der Waals surface area contributed by atoms with Gasteiger partial charge in [0.05, 0.1) is 0 Å². The lowest BCUT2D eigenvalue weighted by Gasteiger charge is -2.19. The third kappa shape index (κ3) is 4.41. The highest BCUT2D eigenvalue weighted by Gasteiger charge is 2.12. The Labute approximate surface area is 148 Å². The third-order valence-electron chi connectivity index (χ3n) is 4.34. The Morgan fingerprint density at radius 2 is 1.56 bits per heavy atom. The van der Waals surface area contributed by atoms with Crippen LogP contribution < -0.4 is 10.6 Å². The van der Waals surface area contributed by atoms with Crippen LogP contribution in [0.3, 0.4) is 0 Å². The summed E-state index contributed by atoms with van der Waals surface area (Å²) in [6.07, 6.45) is 1.92. The Balaban J connectivity index is 1.49. The molecule has 4 nitrogen and oxygen atoms in total. The molecule has 0 bridgehead atoms. The molecule has 130 valence electrons. The van der Waals surface area contributed by atoms with Crippen LogP contribution in [0, 0.1) is 0 Å². The van der Waals surface area contributed by atoms with E-state index in [0.717, 1.165) is 22.0 Å². The summed E-state index contributed by atoms with van der Waals surface area (Å²) in [7, 11) is 0. The first-order valence-corrected chi connectivity index (χ1v) is 8.59. The average molecular weight is 335 g/mol. The van der Waals surface area contributed by atoms with Crippen molar-refractivity contribution in [1.29, 1.82) is 0 Å². The van der Waals surface area contributed by atoms with Gasteiger partial charge in [0.1, 0.15) is 0 Å². The molecule has 0 saturated heterocycles. The van der Waals surface area contributed by atoms with E-state index >= 15 is 0 Å². The Kier molecular flexibility index (Phi) is 4.79. The first-order valence-electron chi connectivity index (χ1n) is 8.59. The maximum absolute atomic E-state index is 12.0. The zero-order valence-corrected chi connectivity index (χ0v) is 15.0. The fraction of sp³-hybridized carbons (Fsp3) is 0.286.